The summed E-state index contributed by atoms with van der Waals surface area (Å²) in [5.41, 5.74) is 13.6. The predicted octanol–water partition coefficient (Wildman–Crippen LogP) is 2.66. The van der Waals surface area contributed by atoms with Gasteiger partial charge in [0.1, 0.15) is 5.82 Å². The van der Waals surface area contributed by atoms with Gasteiger partial charge in [0.25, 0.3) is 0 Å². The molecule has 2 rings (SSSR count). The third kappa shape index (κ3) is 2.71. The molecule has 0 spiro atoms. The van der Waals surface area contributed by atoms with Gasteiger partial charge in [0.15, 0.2) is 0 Å². The Bertz CT molecular complexity index is 626. The van der Waals surface area contributed by atoms with E-state index in [1.807, 2.05) is 11.8 Å². The highest BCUT2D eigenvalue weighted by atomic mass is 19.1. The third-order valence-electron chi connectivity index (χ3n) is 3.06. The maximum Gasteiger partial charge on any atom is 0.248 e. The lowest BCUT2D eigenvalue weighted by molar-refractivity contribution is 0.100. The smallest absolute Gasteiger partial charge is 0.248 e. The Morgan fingerprint density at radius 1 is 1.20 bits per heavy atom. The van der Waals surface area contributed by atoms with Crippen molar-refractivity contribution in [3.63, 3.8) is 0 Å². The highest BCUT2D eigenvalue weighted by Gasteiger charge is 2.13. The fourth-order valence-corrected chi connectivity index (χ4v) is 2.04. The van der Waals surface area contributed by atoms with E-state index in [1.54, 1.807) is 30.3 Å². The van der Waals surface area contributed by atoms with E-state index >= 15 is 0 Å². The van der Waals surface area contributed by atoms with Crippen molar-refractivity contribution < 1.29 is 9.18 Å². The molecule has 0 aliphatic rings. The number of nitrogen functional groups attached to an aromatic ring is 1. The lowest BCUT2D eigenvalue weighted by Gasteiger charge is -2.25. The first-order chi connectivity index (χ1) is 9.52. The number of hydrogen-bond donors (Lipinski definition) is 2. The quantitative estimate of drug-likeness (QED) is 0.841. The van der Waals surface area contributed by atoms with Crippen LogP contribution in [0.5, 0.6) is 0 Å². The number of hydrogen-bond acceptors (Lipinski definition) is 3. The molecule has 4 N–H and O–H groups in total. The van der Waals surface area contributed by atoms with E-state index in [1.165, 1.54) is 12.1 Å². The van der Waals surface area contributed by atoms with E-state index in [0.29, 0.717) is 23.5 Å². The molecule has 104 valence electrons. The zero-order chi connectivity index (χ0) is 14.7. The molecule has 20 heavy (non-hydrogen) atoms. The molecule has 5 heteroatoms. The molecule has 0 saturated carbocycles. The minimum Gasteiger partial charge on any atom is -0.397 e. The Hall–Kier alpha value is -2.56. The van der Waals surface area contributed by atoms with Gasteiger partial charge in [-0.15, -0.1) is 0 Å². The first-order valence-corrected chi connectivity index (χ1v) is 6.25. The molecule has 2 aromatic carbocycles. The van der Waals surface area contributed by atoms with E-state index in [9.17, 15) is 9.18 Å². The Morgan fingerprint density at radius 3 is 2.40 bits per heavy atom. The van der Waals surface area contributed by atoms with Gasteiger partial charge in [0.2, 0.25) is 5.91 Å². The van der Waals surface area contributed by atoms with Gasteiger partial charge in [0, 0.05) is 17.8 Å². The van der Waals surface area contributed by atoms with Gasteiger partial charge >= 0.3 is 0 Å². The minimum absolute atomic E-state index is 0.302. The number of nitrogens with zero attached hydrogens (tertiary/aromatic N) is 1. The molecule has 0 saturated heterocycles. The number of nitrogens with two attached hydrogens (primary N) is 2. The molecule has 0 aromatic heterocycles. The molecule has 4 nitrogen and oxygen atoms in total. The fraction of sp³-hybridized carbons (Fsp3) is 0.133. The Labute approximate surface area is 116 Å². The summed E-state index contributed by atoms with van der Waals surface area (Å²) in [6, 6.07) is 11.0. The van der Waals surface area contributed by atoms with E-state index in [4.69, 9.17) is 11.5 Å². The van der Waals surface area contributed by atoms with Crippen LogP contribution in [0.15, 0.2) is 42.5 Å². The molecule has 0 atom stereocenters. The van der Waals surface area contributed by atoms with Crippen molar-refractivity contribution in [1.82, 2.24) is 0 Å². The molecule has 0 aliphatic carbocycles. The highest BCUT2D eigenvalue weighted by molar-refractivity contribution is 5.95. The number of halogens is 1. The van der Waals surface area contributed by atoms with Gasteiger partial charge in [-0.05, 0) is 49.4 Å². The van der Waals surface area contributed by atoms with Crippen molar-refractivity contribution in [1.29, 1.82) is 0 Å². The summed E-state index contributed by atoms with van der Waals surface area (Å²) in [6.45, 7) is 2.57. The molecule has 2 aromatic rings. The summed E-state index contributed by atoms with van der Waals surface area (Å²) in [4.78, 5) is 13.2. The molecule has 0 fully saturated rings. The van der Waals surface area contributed by atoms with Crippen LogP contribution >= 0.6 is 0 Å². The zero-order valence-corrected chi connectivity index (χ0v) is 11.1. The number of amides is 1. The van der Waals surface area contributed by atoms with Crippen LogP contribution in [-0.2, 0) is 0 Å². The largest absolute Gasteiger partial charge is 0.397 e. The molecular weight excluding hydrogens is 257 g/mol. The van der Waals surface area contributed by atoms with Crippen molar-refractivity contribution in [2.45, 2.75) is 6.92 Å². The first-order valence-electron chi connectivity index (χ1n) is 6.25. The van der Waals surface area contributed by atoms with Gasteiger partial charge in [0.05, 0.1) is 11.4 Å². The first kappa shape index (κ1) is 13.9. The summed E-state index contributed by atoms with van der Waals surface area (Å²) >= 11 is 0. The normalized spacial score (nSPS) is 10.3. The zero-order valence-electron chi connectivity index (χ0n) is 11.1. The molecule has 0 heterocycles. The maximum atomic E-state index is 13.0. The Kier molecular flexibility index (Phi) is 3.89. The van der Waals surface area contributed by atoms with E-state index < -0.39 is 5.91 Å². The molecule has 0 unspecified atom stereocenters. The lowest BCUT2D eigenvalue weighted by atomic mass is 10.1. The molecule has 0 aliphatic heterocycles. The van der Waals surface area contributed by atoms with Gasteiger partial charge < -0.3 is 16.4 Å². The minimum atomic E-state index is -0.513. The van der Waals surface area contributed by atoms with Crippen molar-refractivity contribution in [2.75, 3.05) is 17.2 Å². The SMILES string of the molecule is CCN(c1ccc(F)cc1)c1cc(C(N)=O)ccc1N. The van der Waals surface area contributed by atoms with Crippen LogP contribution in [0.4, 0.5) is 21.5 Å². The maximum absolute atomic E-state index is 13.0. The highest BCUT2D eigenvalue weighted by Crippen LogP contribution is 2.31. The fourth-order valence-electron chi connectivity index (χ4n) is 2.04. The summed E-state index contributed by atoms with van der Waals surface area (Å²) in [7, 11) is 0. The average molecular weight is 273 g/mol. The van der Waals surface area contributed by atoms with Gasteiger partial charge in [-0.2, -0.15) is 0 Å². The summed E-state index contributed by atoms with van der Waals surface area (Å²) < 4.78 is 13.0. The van der Waals surface area contributed by atoms with Crippen LogP contribution in [0.2, 0.25) is 0 Å². The number of anilines is 3. The topological polar surface area (TPSA) is 72.3 Å². The van der Waals surface area contributed by atoms with E-state index in [2.05, 4.69) is 0 Å². The average Bonchev–Trinajstić information content (AvgIpc) is 2.43. The third-order valence-corrected chi connectivity index (χ3v) is 3.06. The van der Waals surface area contributed by atoms with Crippen LogP contribution in [0.1, 0.15) is 17.3 Å². The van der Waals surface area contributed by atoms with Gasteiger partial charge in [-0.1, -0.05) is 0 Å². The molecule has 0 bridgehead atoms. The van der Waals surface area contributed by atoms with Crippen LogP contribution in [-0.4, -0.2) is 12.5 Å². The summed E-state index contributed by atoms with van der Waals surface area (Å²) in [5.74, 6) is -0.815. The van der Waals surface area contributed by atoms with Crippen molar-refractivity contribution in [3.8, 4) is 0 Å². The van der Waals surface area contributed by atoms with E-state index in [0.717, 1.165) is 5.69 Å². The lowest BCUT2D eigenvalue weighted by Crippen LogP contribution is -2.19. The van der Waals surface area contributed by atoms with Crippen LogP contribution in [0.3, 0.4) is 0 Å². The number of carbonyl (C=O) groups excluding carboxylic acids is 1. The van der Waals surface area contributed by atoms with Crippen molar-refractivity contribution in [3.05, 3.63) is 53.8 Å². The van der Waals surface area contributed by atoms with Gasteiger partial charge in [-0.25, -0.2) is 4.39 Å². The standard InChI is InChI=1S/C15H16FN3O/c1-2-19(12-6-4-11(16)5-7-12)14-9-10(15(18)20)3-8-13(14)17/h3-9H,2,17H2,1H3,(H2,18,20). The monoisotopic (exact) mass is 273 g/mol. The van der Waals surface area contributed by atoms with Gasteiger partial charge in [-0.3, -0.25) is 4.79 Å². The van der Waals surface area contributed by atoms with Crippen LogP contribution in [0, 0.1) is 5.82 Å². The number of primary amides is 1. The summed E-state index contributed by atoms with van der Waals surface area (Å²) in [6.07, 6.45) is 0. The second-order valence-electron chi connectivity index (χ2n) is 4.36. The second-order valence-corrected chi connectivity index (χ2v) is 4.36. The Morgan fingerprint density at radius 2 is 1.85 bits per heavy atom. The Balaban J connectivity index is 2.48. The predicted molar refractivity (Wildman–Crippen MR) is 78.5 cm³/mol. The van der Waals surface area contributed by atoms with Crippen LogP contribution < -0.4 is 16.4 Å². The number of rotatable bonds is 4. The molecule has 1 amide bonds. The second kappa shape index (κ2) is 5.61. The van der Waals surface area contributed by atoms with Crippen LogP contribution in [0.25, 0.3) is 0 Å². The van der Waals surface area contributed by atoms with E-state index in [-0.39, 0.29) is 5.82 Å². The van der Waals surface area contributed by atoms with Crippen molar-refractivity contribution in [2.24, 2.45) is 5.73 Å². The number of carbonyl (C=O) groups is 1. The number of benzene rings is 2. The summed E-state index contributed by atoms with van der Waals surface area (Å²) in [5, 5.41) is 0. The molecule has 0 radical (unpaired) electrons. The van der Waals surface area contributed by atoms with Crippen molar-refractivity contribution >= 4 is 23.0 Å². The molecular formula is C15H16FN3O.